The molecule has 0 aliphatic heterocycles. The number of carbonyl (C=O) groups is 1. The van der Waals surface area contributed by atoms with Crippen molar-refractivity contribution in [1.82, 2.24) is 0 Å². The first-order chi connectivity index (χ1) is 8.02. The van der Waals surface area contributed by atoms with Gasteiger partial charge in [-0.25, -0.2) is 16.8 Å². The molecule has 0 bridgehead atoms. The van der Waals surface area contributed by atoms with Gasteiger partial charge in [-0.15, -0.1) is 0 Å². The van der Waals surface area contributed by atoms with Crippen LogP contribution in [0.5, 0.6) is 0 Å². The van der Waals surface area contributed by atoms with E-state index in [1.165, 1.54) is 0 Å². The first kappa shape index (κ1) is 17.4. The monoisotopic (exact) mass is 300 g/mol. The Balaban J connectivity index is 4.31. The third-order valence-corrected chi connectivity index (χ3v) is 5.24. The van der Waals surface area contributed by atoms with E-state index in [0.29, 0.717) is 19.3 Å². The van der Waals surface area contributed by atoms with Gasteiger partial charge in [-0.05, 0) is 19.3 Å². The summed E-state index contributed by atoms with van der Waals surface area (Å²) in [4.78, 5) is 10.3. The van der Waals surface area contributed by atoms with Gasteiger partial charge in [-0.2, -0.15) is 0 Å². The Labute approximate surface area is 108 Å². The van der Waals surface area contributed by atoms with E-state index in [-0.39, 0.29) is 18.6 Å². The Morgan fingerprint density at radius 2 is 1.61 bits per heavy atom. The van der Waals surface area contributed by atoms with Gasteiger partial charge in [0.15, 0.2) is 0 Å². The number of unbranched alkanes of at least 4 members (excludes halogenated alkanes) is 1. The fourth-order valence-corrected chi connectivity index (χ4v) is 3.57. The van der Waals surface area contributed by atoms with Gasteiger partial charge in [0, 0.05) is 18.9 Å². The molecule has 8 heteroatoms. The van der Waals surface area contributed by atoms with Crippen LogP contribution < -0.4 is 0 Å². The molecule has 0 saturated heterocycles. The highest BCUT2D eigenvalue weighted by Gasteiger charge is 2.21. The highest BCUT2D eigenvalue weighted by molar-refractivity contribution is 7.92. The zero-order valence-corrected chi connectivity index (χ0v) is 12.3. The van der Waals surface area contributed by atoms with Gasteiger partial charge in [-0.1, -0.05) is 6.42 Å². The molecule has 0 aliphatic carbocycles. The van der Waals surface area contributed by atoms with E-state index < -0.39 is 30.9 Å². The van der Waals surface area contributed by atoms with Crippen molar-refractivity contribution in [2.75, 3.05) is 18.3 Å². The number of rotatable bonds is 9. The van der Waals surface area contributed by atoms with Crippen molar-refractivity contribution in [2.45, 2.75) is 37.4 Å². The van der Waals surface area contributed by atoms with E-state index in [1.807, 2.05) is 0 Å². The van der Waals surface area contributed by atoms with Crippen LogP contribution in [-0.4, -0.2) is 51.4 Å². The third kappa shape index (κ3) is 9.41. The van der Waals surface area contributed by atoms with Crippen molar-refractivity contribution in [3.8, 4) is 0 Å². The summed E-state index contributed by atoms with van der Waals surface area (Å²) in [5.74, 6) is -1.08. The summed E-state index contributed by atoms with van der Waals surface area (Å²) in [6, 6.07) is 0. The Hall–Kier alpha value is -0.630. The van der Waals surface area contributed by atoms with Crippen LogP contribution in [0.1, 0.15) is 32.1 Å². The van der Waals surface area contributed by atoms with E-state index in [2.05, 4.69) is 0 Å². The van der Waals surface area contributed by atoms with Crippen molar-refractivity contribution in [3.05, 3.63) is 0 Å². The average Bonchev–Trinajstić information content (AvgIpc) is 2.12. The molecule has 0 aromatic heterocycles. The van der Waals surface area contributed by atoms with E-state index in [1.54, 1.807) is 0 Å². The predicted molar refractivity (Wildman–Crippen MR) is 69.1 cm³/mol. The lowest BCUT2D eigenvalue weighted by atomic mass is 10.1. The number of carboxylic acids is 1. The summed E-state index contributed by atoms with van der Waals surface area (Å²) in [5, 5.41) is 7.74. The number of hydrogen-bond donors (Lipinski definition) is 1. The Bertz CT molecular complexity index is 463. The molecule has 0 heterocycles. The first-order valence-corrected chi connectivity index (χ1v) is 9.62. The molecule has 0 rings (SSSR count). The summed E-state index contributed by atoms with van der Waals surface area (Å²) in [6.07, 6.45) is 3.40. The van der Waals surface area contributed by atoms with Crippen LogP contribution in [0.15, 0.2) is 0 Å². The van der Waals surface area contributed by atoms with E-state index >= 15 is 0 Å². The van der Waals surface area contributed by atoms with Crippen LogP contribution in [-0.2, 0) is 24.5 Å². The molecular formula is C10H20O6S2. The summed E-state index contributed by atoms with van der Waals surface area (Å²) < 4.78 is 44.9. The zero-order chi connectivity index (χ0) is 14.4. The predicted octanol–water partition coefficient (Wildman–Crippen LogP) is 0.479. The Morgan fingerprint density at radius 3 is 2.00 bits per heavy atom. The van der Waals surface area contributed by atoms with Crippen molar-refractivity contribution in [2.24, 2.45) is 0 Å². The van der Waals surface area contributed by atoms with Gasteiger partial charge >= 0.3 is 5.97 Å². The minimum atomic E-state index is -3.30. The molecule has 0 spiro atoms. The van der Waals surface area contributed by atoms with Crippen LogP contribution >= 0.6 is 0 Å². The van der Waals surface area contributed by atoms with Gasteiger partial charge in [0.1, 0.15) is 19.7 Å². The molecule has 0 aliphatic rings. The van der Waals surface area contributed by atoms with Crippen LogP contribution in [0.25, 0.3) is 0 Å². The zero-order valence-electron chi connectivity index (χ0n) is 10.6. The maximum absolute atomic E-state index is 11.5. The SMILES string of the molecule is CS(=O)(=O)CCC(CCCCC(=O)O)S(C)(=O)=O. The maximum Gasteiger partial charge on any atom is 0.303 e. The number of sulfone groups is 2. The summed E-state index contributed by atoms with van der Waals surface area (Å²) in [7, 11) is -6.48. The molecule has 1 atom stereocenters. The second-order valence-electron chi connectivity index (χ2n) is 4.51. The highest BCUT2D eigenvalue weighted by Crippen LogP contribution is 2.15. The van der Waals surface area contributed by atoms with Crippen LogP contribution in [0.3, 0.4) is 0 Å². The second kappa shape index (κ2) is 7.08. The van der Waals surface area contributed by atoms with Crippen molar-refractivity contribution in [1.29, 1.82) is 0 Å². The molecular weight excluding hydrogens is 280 g/mol. The molecule has 6 nitrogen and oxygen atoms in total. The second-order valence-corrected chi connectivity index (χ2v) is 9.10. The summed E-state index contributed by atoms with van der Waals surface area (Å²) in [6.45, 7) is 0. The summed E-state index contributed by atoms with van der Waals surface area (Å²) >= 11 is 0. The number of aliphatic carboxylic acids is 1. The number of hydrogen-bond acceptors (Lipinski definition) is 5. The molecule has 0 aromatic carbocycles. The molecule has 0 aromatic rings. The van der Waals surface area contributed by atoms with Crippen molar-refractivity contribution >= 4 is 25.6 Å². The van der Waals surface area contributed by atoms with Gasteiger partial charge in [0.05, 0.1) is 11.0 Å². The van der Waals surface area contributed by atoms with Gasteiger partial charge in [0.25, 0.3) is 0 Å². The van der Waals surface area contributed by atoms with Crippen LogP contribution in [0.4, 0.5) is 0 Å². The largest absolute Gasteiger partial charge is 0.481 e. The number of carboxylic acid groups (broad SMARTS) is 1. The highest BCUT2D eigenvalue weighted by atomic mass is 32.2. The fourth-order valence-electron chi connectivity index (χ4n) is 1.57. The van der Waals surface area contributed by atoms with Crippen molar-refractivity contribution < 1.29 is 26.7 Å². The lowest BCUT2D eigenvalue weighted by molar-refractivity contribution is -0.137. The molecule has 1 unspecified atom stereocenters. The van der Waals surface area contributed by atoms with Gasteiger partial charge in [0.2, 0.25) is 0 Å². The molecule has 0 saturated carbocycles. The maximum atomic E-state index is 11.5. The third-order valence-electron chi connectivity index (χ3n) is 2.58. The molecule has 0 fully saturated rings. The average molecular weight is 300 g/mol. The molecule has 0 amide bonds. The van der Waals surface area contributed by atoms with E-state index in [0.717, 1.165) is 12.5 Å². The Kier molecular flexibility index (Phi) is 6.83. The van der Waals surface area contributed by atoms with Gasteiger partial charge < -0.3 is 5.11 Å². The normalized spacial score (nSPS) is 14.3. The molecule has 0 radical (unpaired) electrons. The Morgan fingerprint density at radius 1 is 1.06 bits per heavy atom. The van der Waals surface area contributed by atoms with Gasteiger partial charge in [-0.3, -0.25) is 4.79 Å². The minimum Gasteiger partial charge on any atom is -0.481 e. The van der Waals surface area contributed by atoms with E-state index in [9.17, 15) is 21.6 Å². The molecule has 108 valence electrons. The molecule has 18 heavy (non-hydrogen) atoms. The quantitative estimate of drug-likeness (QED) is 0.621. The van der Waals surface area contributed by atoms with Crippen LogP contribution in [0.2, 0.25) is 0 Å². The summed E-state index contributed by atoms with van der Waals surface area (Å²) in [5.41, 5.74) is 0. The molecule has 1 N–H and O–H groups in total. The first-order valence-electron chi connectivity index (χ1n) is 5.61. The standard InChI is InChI=1S/C10H20O6S2/c1-17(13,14)8-7-9(18(2,15)16)5-3-4-6-10(11)12/h9H,3-8H2,1-2H3,(H,11,12). The lowest BCUT2D eigenvalue weighted by Crippen LogP contribution is -2.23. The minimum absolute atomic E-state index is 0.00254. The lowest BCUT2D eigenvalue weighted by Gasteiger charge is -2.14. The smallest absolute Gasteiger partial charge is 0.303 e. The van der Waals surface area contributed by atoms with Crippen molar-refractivity contribution in [3.63, 3.8) is 0 Å². The van der Waals surface area contributed by atoms with E-state index in [4.69, 9.17) is 5.11 Å². The van der Waals surface area contributed by atoms with Crippen LogP contribution in [0, 0.1) is 0 Å². The topological polar surface area (TPSA) is 106 Å². The fraction of sp³-hybridized carbons (Fsp3) is 0.900.